The summed E-state index contributed by atoms with van der Waals surface area (Å²) in [6.07, 6.45) is 30.3. The Morgan fingerprint density at radius 2 is 1.55 bits per heavy atom. The average molecular weight is 264 g/mol. The zero-order chi connectivity index (χ0) is 13.9. The molecule has 2 aliphatic rings. The molecule has 0 bridgehead atoms. The zero-order valence-corrected chi connectivity index (χ0v) is 12.2. The Bertz CT molecular complexity index is 494. The first-order valence-corrected chi connectivity index (χ1v) is 7.76. The molecular weight excluding hydrogens is 240 g/mol. The lowest BCUT2D eigenvalue weighted by Crippen LogP contribution is -1.84. The molecule has 0 unspecified atom stereocenters. The highest BCUT2D eigenvalue weighted by Gasteiger charge is 1.97. The second-order valence-electron chi connectivity index (χ2n) is 5.32. The fraction of sp³-hybridized carbons (Fsp3) is 0.350. The van der Waals surface area contributed by atoms with Gasteiger partial charge in [-0.25, -0.2) is 0 Å². The first kappa shape index (κ1) is 14.6. The summed E-state index contributed by atoms with van der Waals surface area (Å²) < 4.78 is 0. The molecule has 2 rings (SSSR count). The fourth-order valence-corrected chi connectivity index (χ4v) is 2.46. The Morgan fingerprint density at radius 1 is 0.750 bits per heavy atom. The van der Waals surface area contributed by atoms with E-state index in [0.29, 0.717) is 0 Å². The molecule has 0 spiro atoms. The first-order valence-electron chi connectivity index (χ1n) is 7.76. The van der Waals surface area contributed by atoms with Gasteiger partial charge in [-0.05, 0) is 55.4 Å². The summed E-state index contributed by atoms with van der Waals surface area (Å²) in [6, 6.07) is 0. The van der Waals surface area contributed by atoms with Crippen LogP contribution in [0.25, 0.3) is 0 Å². The minimum atomic E-state index is 1.08. The van der Waals surface area contributed by atoms with Gasteiger partial charge >= 0.3 is 0 Å². The van der Waals surface area contributed by atoms with Crippen LogP contribution >= 0.6 is 0 Å². The molecule has 0 aliphatic heterocycles. The summed E-state index contributed by atoms with van der Waals surface area (Å²) in [5.41, 5.74) is 6.00. The summed E-state index contributed by atoms with van der Waals surface area (Å²) in [7, 11) is 0. The Hall–Kier alpha value is -1.78. The molecule has 0 atom stereocenters. The molecular formula is C20H24. The highest BCUT2D eigenvalue weighted by molar-refractivity contribution is 5.29. The van der Waals surface area contributed by atoms with E-state index in [1.54, 1.807) is 0 Å². The molecule has 0 heterocycles. The molecule has 0 aromatic heterocycles. The van der Waals surface area contributed by atoms with Crippen LogP contribution in [-0.4, -0.2) is 0 Å². The molecule has 0 radical (unpaired) electrons. The number of rotatable bonds is 7. The molecule has 0 saturated heterocycles. The Kier molecular flexibility index (Phi) is 6.71. The second kappa shape index (κ2) is 9.18. The Balaban J connectivity index is 1.56. The molecule has 20 heavy (non-hydrogen) atoms. The van der Waals surface area contributed by atoms with E-state index in [4.69, 9.17) is 0 Å². The molecule has 0 fully saturated rings. The molecule has 104 valence electrons. The van der Waals surface area contributed by atoms with Crippen LogP contribution in [0.4, 0.5) is 0 Å². The summed E-state index contributed by atoms with van der Waals surface area (Å²) in [5, 5.41) is 0. The molecule has 0 aromatic rings. The van der Waals surface area contributed by atoms with Gasteiger partial charge in [0.05, 0.1) is 0 Å². The Morgan fingerprint density at radius 3 is 2.40 bits per heavy atom. The van der Waals surface area contributed by atoms with Gasteiger partial charge < -0.3 is 0 Å². The van der Waals surface area contributed by atoms with Crippen molar-refractivity contribution in [2.45, 2.75) is 44.9 Å². The molecule has 0 saturated carbocycles. The van der Waals surface area contributed by atoms with Crippen LogP contribution in [0.1, 0.15) is 44.9 Å². The molecule has 0 heteroatoms. The summed E-state index contributed by atoms with van der Waals surface area (Å²) in [5.74, 6) is 0. The molecule has 0 amide bonds. The first-order chi connectivity index (χ1) is 9.95. The van der Waals surface area contributed by atoms with Crippen molar-refractivity contribution in [3.8, 4) is 0 Å². The van der Waals surface area contributed by atoms with Crippen LogP contribution in [0.15, 0.2) is 77.6 Å². The van der Waals surface area contributed by atoms with Gasteiger partial charge in [-0.2, -0.15) is 0 Å². The average Bonchev–Trinajstić information content (AvgIpc) is 2.87. The maximum absolute atomic E-state index is 3.10. The van der Waals surface area contributed by atoms with Gasteiger partial charge in [0.15, 0.2) is 0 Å². The number of unbranched alkanes of at least 4 members (excludes halogenated alkanes) is 3. The second-order valence-corrected chi connectivity index (χ2v) is 5.32. The summed E-state index contributed by atoms with van der Waals surface area (Å²) in [4.78, 5) is 0. The van der Waals surface area contributed by atoms with Gasteiger partial charge in [0.25, 0.3) is 0 Å². The Labute approximate surface area is 123 Å². The molecule has 0 nitrogen and oxygen atoms in total. The van der Waals surface area contributed by atoms with Gasteiger partial charge in [-0.1, -0.05) is 61.4 Å². The van der Waals surface area contributed by atoms with E-state index in [2.05, 4.69) is 54.3 Å². The topological polar surface area (TPSA) is 0 Å². The van der Waals surface area contributed by atoms with Gasteiger partial charge in [0, 0.05) is 0 Å². The van der Waals surface area contributed by atoms with Crippen LogP contribution in [-0.2, 0) is 0 Å². The SMILES string of the molecule is C1=CC=CC(CCCCCCC2=CC=CCC=C2)=CC=1. The van der Waals surface area contributed by atoms with Crippen LogP contribution in [0.2, 0.25) is 0 Å². The monoisotopic (exact) mass is 264 g/mol. The predicted octanol–water partition coefficient (Wildman–Crippen LogP) is 5.98. The van der Waals surface area contributed by atoms with Crippen molar-refractivity contribution in [2.75, 3.05) is 0 Å². The maximum atomic E-state index is 3.10. The third-order valence-corrected chi connectivity index (χ3v) is 3.63. The maximum Gasteiger partial charge on any atom is -0.0163 e. The van der Waals surface area contributed by atoms with Gasteiger partial charge in [0.2, 0.25) is 0 Å². The summed E-state index contributed by atoms with van der Waals surface area (Å²) in [6.45, 7) is 0. The van der Waals surface area contributed by atoms with E-state index in [9.17, 15) is 0 Å². The standard InChI is InChI=1S/C20H24/c1-2-8-14-19(13-7-1)17-11-5-6-12-18-20-15-9-3-4-10-16-20/h1,3,7-10,13-16H,2,5-6,11-12,17-18H2. The van der Waals surface area contributed by atoms with Gasteiger partial charge in [-0.3, -0.25) is 0 Å². The number of allylic oxidation sites excluding steroid dienone is 11. The van der Waals surface area contributed by atoms with E-state index >= 15 is 0 Å². The minimum absolute atomic E-state index is 1.08. The van der Waals surface area contributed by atoms with Crippen LogP contribution in [0.5, 0.6) is 0 Å². The molecule has 0 N–H and O–H groups in total. The van der Waals surface area contributed by atoms with Crippen LogP contribution < -0.4 is 0 Å². The predicted molar refractivity (Wildman–Crippen MR) is 88.6 cm³/mol. The van der Waals surface area contributed by atoms with Crippen LogP contribution in [0, 0.1) is 0 Å². The van der Waals surface area contributed by atoms with Crippen molar-refractivity contribution in [1.82, 2.24) is 0 Å². The minimum Gasteiger partial charge on any atom is -0.121 e. The quantitative estimate of drug-likeness (QED) is 0.392. The number of hydrogen-bond acceptors (Lipinski definition) is 0. The van der Waals surface area contributed by atoms with Crippen molar-refractivity contribution in [1.29, 1.82) is 0 Å². The van der Waals surface area contributed by atoms with Gasteiger partial charge in [-0.15, -0.1) is 5.73 Å². The van der Waals surface area contributed by atoms with E-state index in [-0.39, 0.29) is 0 Å². The highest BCUT2D eigenvalue weighted by Crippen LogP contribution is 2.16. The van der Waals surface area contributed by atoms with Crippen LogP contribution in [0.3, 0.4) is 0 Å². The lowest BCUT2D eigenvalue weighted by Gasteiger charge is -2.03. The third kappa shape index (κ3) is 5.91. The van der Waals surface area contributed by atoms with Crippen molar-refractivity contribution >= 4 is 0 Å². The molecule has 0 aromatic carbocycles. The van der Waals surface area contributed by atoms with E-state index in [0.717, 1.165) is 6.42 Å². The van der Waals surface area contributed by atoms with Gasteiger partial charge in [0.1, 0.15) is 0 Å². The zero-order valence-electron chi connectivity index (χ0n) is 12.2. The lowest BCUT2D eigenvalue weighted by molar-refractivity contribution is 0.642. The van der Waals surface area contributed by atoms with E-state index in [1.165, 1.54) is 49.7 Å². The van der Waals surface area contributed by atoms with E-state index < -0.39 is 0 Å². The van der Waals surface area contributed by atoms with Crippen molar-refractivity contribution in [3.05, 3.63) is 77.6 Å². The fourth-order valence-electron chi connectivity index (χ4n) is 2.46. The van der Waals surface area contributed by atoms with E-state index in [1.807, 2.05) is 12.2 Å². The largest absolute Gasteiger partial charge is 0.121 e. The lowest BCUT2D eigenvalue weighted by atomic mass is 10.0. The normalized spacial score (nSPS) is 16.8. The van der Waals surface area contributed by atoms with Crippen molar-refractivity contribution in [3.63, 3.8) is 0 Å². The summed E-state index contributed by atoms with van der Waals surface area (Å²) >= 11 is 0. The van der Waals surface area contributed by atoms with Crippen molar-refractivity contribution < 1.29 is 0 Å². The smallest absolute Gasteiger partial charge is 0.0163 e. The third-order valence-electron chi connectivity index (χ3n) is 3.63. The van der Waals surface area contributed by atoms with Crippen molar-refractivity contribution in [2.24, 2.45) is 0 Å². The molecule has 2 aliphatic carbocycles. The number of hydrogen-bond donors (Lipinski definition) is 0. The highest BCUT2D eigenvalue weighted by atomic mass is 14.0.